The van der Waals surface area contributed by atoms with Crippen molar-refractivity contribution in [1.82, 2.24) is 20.1 Å². The van der Waals surface area contributed by atoms with Gasteiger partial charge in [0, 0.05) is 35.8 Å². The molecular weight excluding hydrogens is 300 g/mol. The largest absolute Gasteiger partial charge is 0.352 e. The molecular formula is C16H15ClN4O. The number of carbonyl (C=O) groups is 1. The maximum absolute atomic E-state index is 11.9. The van der Waals surface area contributed by atoms with E-state index < -0.39 is 0 Å². The number of fused-ring (bicyclic) bond motifs is 1. The van der Waals surface area contributed by atoms with Crippen molar-refractivity contribution in [3.63, 3.8) is 0 Å². The number of rotatable bonds is 5. The molecule has 112 valence electrons. The van der Waals surface area contributed by atoms with Gasteiger partial charge < -0.3 is 5.32 Å². The molecule has 2 aromatic heterocycles. The number of nitrogens with one attached hydrogen (secondary N) is 1. The van der Waals surface area contributed by atoms with Crippen LogP contribution in [0.1, 0.15) is 12.0 Å². The van der Waals surface area contributed by atoms with Crippen molar-refractivity contribution in [3.05, 3.63) is 59.5 Å². The van der Waals surface area contributed by atoms with Gasteiger partial charge in [-0.25, -0.2) is 0 Å². The number of hydrogen-bond donors (Lipinski definition) is 1. The van der Waals surface area contributed by atoms with E-state index in [2.05, 4.69) is 15.4 Å². The van der Waals surface area contributed by atoms with Crippen molar-refractivity contribution in [3.8, 4) is 0 Å². The van der Waals surface area contributed by atoms with E-state index in [1.54, 1.807) is 23.3 Å². The van der Waals surface area contributed by atoms with Gasteiger partial charge in [0.1, 0.15) is 0 Å². The maximum atomic E-state index is 11.9. The van der Waals surface area contributed by atoms with Crippen LogP contribution in [0.4, 0.5) is 0 Å². The minimum atomic E-state index is -0.0190. The Labute approximate surface area is 132 Å². The molecule has 1 amide bonds. The molecule has 0 atom stereocenters. The number of amides is 1. The molecule has 0 aliphatic carbocycles. The van der Waals surface area contributed by atoms with Crippen molar-refractivity contribution in [2.45, 2.75) is 19.5 Å². The van der Waals surface area contributed by atoms with Crippen LogP contribution in [0.2, 0.25) is 5.02 Å². The van der Waals surface area contributed by atoms with Crippen molar-refractivity contribution >= 4 is 28.4 Å². The predicted octanol–water partition coefficient (Wildman–Crippen LogP) is 2.79. The zero-order chi connectivity index (χ0) is 15.4. The molecule has 3 rings (SSSR count). The second-order valence-electron chi connectivity index (χ2n) is 4.96. The average molecular weight is 315 g/mol. The Bertz CT molecular complexity index is 785. The third-order valence-electron chi connectivity index (χ3n) is 3.37. The Hall–Kier alpha value is -2.40. The molecule has 6 heteroatoms. The first-order valence-corrected chi connectivity index (χ1v) is 7.37. The van der Waals surface area contributed by atoms with Gasteiger partial charge in [-0.1, -0.05) is 17.7 Å². The van der Waals surface area contributed by atoms with Crippen LogP contribution in [0.5, 0.6) is 0 Å². The van der Waals surface area contributed by atoms with E-state index in [9.17, 15) is 4.79 Å². The fraction of sp³-hybridized carbons (Fsp3) is 0.188. The third-order valence-corrected chi connectivity index (χ3v) is 3.61. The number of carbonyl (C=O) groups excluding carboxylic acids is 1. The summed E-state index contributed by atoms with van der Waals surface area (Å²) >= 11 is 6.00. The van der Waals surface area contributed by atoms with Gasteiger partial charge in [0.2, 0.25) is 5.91 Å². The Morgan fingerprint density at radius 2 is 2.18 bits per heavy atom. The summed E-state index contributed by atoms with van der Waals surface area (Å²) in [7, 11) is 0. The lowest BCUT2D eigenvalue weighted by molar-refractivity contribution is -0.121. The van der Waals surface area contributed by atoms with Crippen molar-refractivity contribution < 1.29 is 4.79 Å². The molecule has 0 aliphatic heterocycles. The summed E-state index contributed by atoms with van der Waals surface area (Å²) in [6.45, 7) is 1.00. The lowest BCUT2D eigenvalue weighted by Crippen LogP contribution is -2.24. The summed E-state index contributed by atoms with van der Waals surface area (Å²) in [4.78, 5) is 15.9. The fourth-order valence-electron chi connectivity index (χ4n) is 2.22. The van der Waals surface area contributed by atoms with Crippen molar-refractivity contribution in [2.24, 2.45) is 0 Å². The molecule has 2 heterocycles. The van der Waals surface area contributed by atoms with E-state index >= 15 is 0 Å². The van der Waals surface area contributed by atoms with E-state index in [0.717, 1.165) is 16.5 Å². The van der Waals surface area contributed by atoms with Crippen LogP contribution >= 0.6 is 11.6 Å². The van der Waals surface area contributed by atoms with Crippen molar-refractivity contribution in [2.75, 3.05) is 0 Å². The molecule has 0 saturated carbocycles. The molecule has 0 fully saturated rings. The van der Waals surface area contributed by atoms with E-state index in [1.165, 1.54) is 0 Å². The van der Waals surface area contributed by atoms with E-state index in [-0.39, 0.29) is 5.91 Å². The molecule has 0 radical (unpaired) electrons. The minimum Gasteiger partial charge on any atom is -0.352 e. The first-order valence-electron chi connectivity index (χ1n) is 6.99. The van der Waals surface area contributed by atoms with Crippen LogP contribution in [0, 0.1) is 0 Å². The molecule has 1 N–H and O–H groups in total. The molecule has 0 spiro atoms. The maximum Gasteiger partial charge on any atom is 0.222 e. The van der Waals surface area contributed by atoms with Gasteiger partial charge in [0.25, 0.3) is 0 Å². The van der Waals surface area contributed by atoms with Gasteiger partial charge in [-0.3, -0.25) is 14.5 Å². The molecule has 0 aliphatic rings. The Kier molecular flexibility index (Phi) is 4.34. The Morgan fingerprint density at radius 3 is 3.00 bits per heavy atom. The van der Waals surface area contributed by atoms with Gasteiger partial charge in [0.05, 0.1) is 18.3 Å². The third kappa shape index (κ3) is 3.43. The smallest absolute Gasteiger partial charge is 0.222 e. The lowest BCUT2D eigenvalue weighted by Gasteiger charge is -2.06. The highest BCUT2D eigenvalue weighted by molar-refractivity contribution is 6.31. The van der Waals surface area contributed by atoms with E-state index in [0.29, 0.717) is 24.5 Å². The summed E-state index contributed by atoms with van der Waals surface area (Å²) in [5.74, 6) is -0.0190. The molecule has 0 bridgehead atoms. The average Bonchev–Trinajstić information content (AvgIpc) is 2.94. The van der Waals surface area contributed by atoms with Crippen molar-refractivity contribution in [1.29, 1.82) is 0 Å². The van der Waals surface area contributed by atoms with Crippen LogP contribution in [-0.2, 0) is 17.9 Å². The van der Waals surface area contributed by atoms with Gasteiger partial charge >= 0.3 is 0 Å². The fourth-order valence-corrected chi connectivity index (χ4v) is 2.39. The van der Waals surface area contributed by atoms with Crippen LogP contribution in [0.15, 0.2) is 48.9 Å². The highest BCUT2D eigenvalue weighted by atomic mass is 35.5. The monoisotopic (exact) mass is 314 g/mol. The van der Waals surface area contributed by atoms with Gasteiger partial charge in [0.15, 0.2) is 0 Å². The summed E-state index contributed by atoms with van der Waals surface area (Å²) in [6, 6.07) is 9.38. The number of nitrogens with zero attached hydrogens (tertiary/aromatic N) is 3. The SMILES string of the molecule is O=C(CCn1ncc2ccc(Cl)cc21)NCc1cccnc1. The Balaban J connectivity index is 1.57. The molecule has 5 nitrogen and oxygen atoms in total. The minimum absolute atomic E-state index is 0.0190. The van der Waals surface area contributed by atoms with Crippen LogP contribution in [0.3, 0.4) is 0 Å². The molecule has 0 unspecified atom stereocenters. The number of aromatic nitrogens is 3. The predicted molar refractivity (Wildman–Crippen MR) is 85.4 cm³/mol. The topological polar surface area (TPSA) is 59.8 Å². The first kappa shape index (κ1) is 14.5. The zero-order valence-corrected chi connectivity index (χ0v) is 12.6. The summed E-state index contributed by atoms with van der Waals surface area (Å²) in [5, 5.41) is 8.85. The Morgan fingerprint density at radius 1 is 1.27 bits per heavy atom. The van der Waals surface area contributed by atoms with Gasteiger partial charge in [-0.15, -0.1) is 0 Å². The number of benzene rings is 1. The number of aryl methyl sites for hydroxylation is 1. The highest BCUT2D eigenvalue weighted by Gasteiger charge is 2.06. The first-order chi connectivity index (χ1) is 10.7. The summed E-state index contributed by atoms with van der Waals surface area (Å²) < 4.78 is 1.80. The number of halogens is 1. The van der Waals surface area contributed by atoms with Gasteiger partial charge in [-0.2, -0.15) is 5.10 Å². The van der Waals surface area contributed by atoms with Crippen LogP contribution in [-0.4, -0.2) is 20.7 Å². The quantitative estimate of drug-likeness (QED) is 0.787. The van der Waals surface area contributed by atoms with Crippen LogP contribution < -0.4 is 5.32 Å². The van der Waals surface area contributed by atoms with Gasteiger partial charge in [-0.05, 0) is 29.8 Å². The highest BCUT2D eigenvalue weighted by Crippen LogP contribution is 2.19. The number of pyridine rings is 1. The standard InChI is InChI=1S/C16H15ClN4O/c17-14-4-3-13-11-20-21(15(13)8-14)7-5-16(22)19-10-12-2-1-6-18-9-12/h1-4,6,8-9,11H,5,7,10H2,(H,19,22). The second-order valence-corrected chi connectivity index (χ2v) is 5.40. The molecule has 3 aromatic rings. The molecule has 1 aromatic carbocycles. The zero-order valence-electron chi connectivity index (χ0n) is 11.9. The molecule has 0 saturated heterocycles. The van der Waals surface area contributed by atoms with Crippen LogP contribution in [0.25, 0.3) is 10.9 Å². The number of hydrogen-bond acceptors (Lipinski definition) is 3. The second kappa shape index (κ2) is 6.58. The lowest BCUT2D eigenvalue weighted by atomic mass is 10.2. The van der Waals surface area contributed by atoms with E-state index in [1.807, 2.05) is 30.3 Å². The molecule has 22 heavy (non-hydrogen) atoms. The summed E-state index contributed by atoms with van der Waals surface area (Å²) in [6.07, 6.45) is 5.59. The summed E-state index contributed by atoms with van der Waals surface area (Å²) in [5.41, 5.74) is 1.92. The normalized spacial score (nSPS) is 10.8. The van der Waals surface area contributed by atoms with E-state index in [4.69, 9.17) is 11.6 Å².